The molecule has 0 radical (unpaired) electrons. The molecule has 1 aromatic carbocycles. The van der Waals surface area contributed by atoms with Gasteiger partial charge in [-0.3, -0.25) is 9.69 Å². The largest absolute Gasteiger partial charge is 0.492 e. The maximum atomic E-state index is 10.8. The van der Waals surface area contributed by atoms with E-state index in [-0.39, 0.29) is 5.92 Å². The van der Waals surface area contributed by atoms with Crippen molar-refractivity contribution in [3.63, 3.8) is 0 Å². The number of benzene rings is 1. The van der Waals surface area contributed by atoms with Gasteiger partial charge in [0.05, 0.1) is 5.92 Å². The smallest absolute Gasteiger partial charge is 0.307 e. The Morgan fingerprint density at radius 3 is 2.78 bits per heavy atom. The number of rotatable bonds is 5. The lowest BCUT2D eigenvalue weighted by molar-refractivity contribution is -0.141. The molecule has 1 heterocycles. The Morgan fingerprint density at radius 1 is 1.44 bits per heavy atom. The second-order valence-corrected chi connectivity index (χ2v) is 4.86. The van der Waals surface area contributed by atoms with E-state index in [1.54, 1.807) is 12.1 Å². The monoisotopic (exact) mass is 269 g/mol. The third-order valence-corrected chi connectivity index (χ3v) is 3.36. The summed E-state index contributed by atoms with van der Waals surface area (Å²) in [6.45, 7) is 2.78. The van der Waals surface area contributed by atoms with Gasteiger partial charge in [-0.2, -0.15) is 0 Å². The SMILES string of the molecule is O=C(O)C1CCN(CCOc2ccc(Cl)cc2)C1. The Balaban J connectivity index is 1.70. The van der Waals surface area contributed by atoms with Crippen molar-refractivity contribution < 1.29 is 14.6 Å². The molecular weight excluding hydrogens is 254 g/mol. The van der Waals surface area contributed by atoms with Crippen molar-refractivity contribution in [2.45, 2.75) is 6.42 Å². The van der Waals surface area contributed by atoms with Crippen molar-refractivity contribution in [1.82, 2.24) is 4.90 Å². The van der Waals surface area contributed by atoms with Crippen LogP contribution in [0, 0.1) is 5.92 Å². The number of halogens is 1. The quantitative estimate of drug-likeness (QED) is 0.890. The summed E-state index contributed by atoms with van der Waals surface area (Å²) in [6, 6.07) is 7.22. The molecule has 0 spiro atoms. The van der Waals surface area contributed by atoms with Gasteiger partial charge in [0.15, 0.2) is 0 Å². The number of likely N-dealkylation sites (tertiary alicyclic amines) is 1. The Kier molecular flexibility index (Phi) is 4.44. The molecule has 4 nitrogen and oxygen atoms in total. The van der Waals surface area contributed by atoms with Gasteiger partial charge in [0.1, 0.15) is 12.4 Å². The molecule has 1 unspecified atom stereocenters. The highest BCUT2D eigenvalue weighted by Gasteiger charge is 2.27. The van der Waals surface area contributed by atoms with Crippen LogP contribution in [0.2, 0.25) is 5.02 Å². The standard InChI is InChI=1S/C13H16ClNO3/c14-11-1-3-12(4-2-11)18-8-7-15-6-5-10(9-15)13(16)17/h1-4,10H,5-9H2,(H,16,17). The van der Waals surface area contributed by atoms with Gasteiger partial charge < -0.3 is 9.84 Å². The van der Waals surface area contributed by atoms with Gasteiger partial charge in [-0.25, -0.2) is 0 Å². The van der Waals surface area contributed by atoms with Crippen LogP contribution in [0.3, 0.4) is 0 Å². The average molecular weight is 270 g/mol. The molecule has 0 saturated carbocycles. The number of carbonyl (C=O) groups is 1. The lowest BCUT2D eigenvalue weighted by Crippen LogP contribution is -2.27. The second-order valence-electron chi connectivity index (χ2n) is 4.43. The number of carboxylic acids is 1. The summed E-state index contributed by atoms with van der Waals surface area (Å²) in [6.07, 6.45) is 0.732. The molecule has 0 amide bonds. The molecule has 98 valence electrons. The first-order chi connectivity index (χ1) is 8.65. The third kappa shape index (κ3) is 3.62. The van der Waals surface area contributed by atoms with E-state index in [0.29, 0.717) is 18.2 Å². The van der Waals surface area contributed by atoms with Crippen LogP contribution in [0.15, 0.2) is 24.3 Å². The first kappa shape index (κ1) is 13.2. The summed E-state index contributed by atoms with van der Waals surface area (Å²) in [7, 11) is 0. The maximum absolute atomic E-state index is 10.8. The van der Waals surface area contributed by atoms with E-state index in [0.717, 1.165) is 25.3 Å². The van der Waals surface area contributed by atoms with Crippen molar-refractivity contribution in [3.8, 4) is 5.75 Å². The fourth-order valence-electron chi connectivity index (χ4n) is 2.06. The number of hydrogen-bond donors (Lipinski definition) is 1. The normalized spacial score (nSPS) is 19.9. The number of nitrogens with zero attached hydrogens (tertiary/aromatic N) is 1. The molecular formula is C13H16ClNO3. The zero-order valence-electron chi connectivity index (χ0n) is 10.0. The first-order valence-corrected chi connectivity index (χ1v) is 6.36. The molecule has 2 rings (SSSR count). The molecule has 1 N–H and O–H groups in total. The molecule has 1 saturated heterocycles. The minimum absolute atomic E-state index is 0.222. The van der Waals surface area contributed by atoms with E-state index in [9.17, 15) is 4.79 Å². The van der Waals surface area contributed by atoms with Crippen LogP contribution in [0.4, 0.5) is 0 Å². The zero-order valence-corrected chi connectivity index (χ0v) is 10.8. The summed E-state index contributed by atoms with van der Waals surface area (Å²) >= 11 is 5.78. The number of aliphatic carboxylic acids is 1. The van der Waals surface area contributed by atoms with Crippen LogP contribution < -0.4 is 4.74 Å². The van der Waals surface area contributed by atoms with Crippen molar-refractivity contribution >= 4 is 17.6 Å². The van der Waals surface area contributed by atoms with Gasteiger partial charge in [0, 0.05) is 18.1 Å². The molecule has 1 aliphatic rings. The van der Waals surface area contributed by atoms with Crippen molar-refractivity contribution in [1.29, 1.82) is 0 Å². The predicted molar refractivity (Wildman–Crippen MR) is 69.1 cm³/mol. The predicted octanol–water partition coefficient (Wildman–Crippen LogP) is 2.13. The Bertz CT molecular complexity index is 407. The van der Waals surface area contributed by atoms with Crippen LogP contribution in [-0.4, -0.2) is 42.2 Å². The van der Waals surface area contributed by atoms with Crippen LogP contribution >= 0.6 is 11.6 Å². The molecule has 0 aromatic heterocycles. The molecule has 1 fully saturated rings. The maximum Gasteiger partial charge on any atom is 0.307 e. The number of carboxylic acid groups (broad SMARTS) is 1. The van der Waals surface area contributed by atoms with E-state index in [4.69, 9.17) is 21.4 Å². The minimum atomic E-state index is -0.698. The fourth-order valence-corrected chi connectivity index (χ4v) is 2.19. The molecule has 5 heteroatoms. The van der Waals surface area contributed by atoms with E-state index in [2.05, 4.69) is 4.90 Å². The van der Waals surface area contributed by atoms with Crippen LogP contribution in [0.1, 0.15) is 6.42 Å². The topological polar surface area (TPSA) is 49.8 Å². The van der Waals surface area contributed by atoms with Crippen LogP contribution in [0.5, 0.6) is 5.75 Å². The van der Waals surface area contributed by atoms with Crippen molar-refractivity contribution in [3.05, 3.63) is 29.3 Å². The highest BCUT2D eigenvalue weighted by atomic mass is 35.5. The van der Waals surface area contributed by atoms with Crippen LogP contribution in [0.25, 0.3) is 0 Å². The third-order valence-electron chi connectivity index (χ3n) is 3.11. The summed E-state index contributed by atoms with van der Waals surface area (Å²) < 4.78 is 5.57. The van der Waals surface area contributed by atoms with Gasteiger partial charge in [-0.05, 0) is 37.2 Å². The van der Waals surface area contributed by atoms with E-state index in [1.165, 1.54) is 0 Å². The highest BCUT2D eigenvalue weighted by molar-refractivity contribution is 6.30. The van der Waals surface area contributed by atoms with Crippen molar-refractivity contribution in [2.75, 3.05) is 26.2 Å². The molecule has 0 aliphatic carbocycles. The number of hydrogen-bond acceptors (Lipinski definition) is 3. The van der Waals surface area contributed by atoms with E-state index < -0.39 is 5.97 Å². The first-order valence-electron chi connectivity index (χ1n) is 5.98. The average Bonchev–Trinajstić information content (AvgIpc) is 2.81. The lowest BCUT2D eigenvalue weighted by Gasteiger charge is -2.15. The second kappa shape index (κ2) is 6.07. The molecule has 1 atom stereocenters. The van der Waals surface area contributed by atoms with E-state index >= 15 is 0 Å². The molecule has 18 heavy (non-hydrogen) atoms. The summed E-state index contributed by atoms with van der Waals surface area (Å²) in [4.78, 5) is 12.9. The van der Waals surface area contributed by atoms with Crippen LogP contribution in [-0.2, 0) is 4.79 Å². The van der Waals surface area contributed by atoms with Gasteiger partial charge in [-0.1, -0.05) is 11.6 Å². The Labute approximate surface area is 111 Å². The Morgan fingerprint density at radius 2 is 2.17 bits per heavy atom. The molecule has 1 aromatic rings. The van der Waals surface area contributed by atoms with Gasteiger partial charge in [0.2, 0.25) is 0 Å². The van der Waals surface area contributed by atoms with E-state index in [1.807, 2.05) is 12.1 Å². The molecule has 0 bridgehead atoms. The summed E-state index contributed by atoms with van der Waals surface area (Å²) in [5.74, 6) is -0.134. The Hall–Kier alpha value is -1.26. The summed E-state index contributed by atoms with van der Waals surface area (Å²) in [5.41, 5.74) is 0. The lowest BCUT2D eigenvalue weighted by atomic mass is 10.1. The van der Waals surface area contributed by atoms with Gasteiger partial charge >= 0.3 is 5.97 Å². The number of ether oxygens (including phenoxy) is 1. The highest BCUT2D eigenvalue weighted by Crippen LogP contribution is 2.17. The minimum Gasteiger partial charge on any atom is -0.492 e. The van der Waals surface area contributed by atoms with Gasteiger partial charge in [-0.15, -0.1) is 0 Å². The fraction of sp³-hybridized carbons (Fsp3) is 0.462. The summed E-state index contributed by atoms with van der Waals surface area (Å²) in [5, 5.41) is 9.58. The van der Waals surface area contributed by atoms with Crippen molar-refractivity contribution in [2.24, 2.45) is 5.92 Å². The van der Waals surface area contributed by atoms with Gasteiger partial charge in [0.25, 0.3) is 0 Å². The zero-order chi connectivity index (χ0) is 13.0. The molecule has 1 aliphatic heterocycles.